The molecule has 0 aliphatic carbocycles. The smallest absolute Gasteiger partial charge is 0.338 e. The van der Waals surface area contributed by atoms with E-state index in [2.05, 4.69) is 10.3 Å². The Hall–Kier alpha value is -2.87. The second-order valence-corrected chi connectivity index (χ2v) is 8.02. The highest BCUT2D eigenvalue weighted by Crippen LogP contribution is 2.36. The van der Waals surface area contributed by atoms with Gasteiger partial charge in [-0.15, -0.1) is 11.8 Å². The number of carbonyl (C=O) groups is 4. The van der Waals surface area contributed by atoms with E-state index in [9.17, 15) is 19.2 Å². The molecule has 7 nitrogen and oxygen atoms in total. The van der Waals surface area contributed by atoms with Crippen LogP contribution in [0.3, 0.4) is 0 Å². The Morgan fingerprint density at radius 3 is 2.57 bits per heavy atom. The Morgan fingerprint density at radius 2 is 1.93 bits per heavy atom. The maximum absolute atomic E-state index is 12.4. The van der Waals surface area contributed by atoms with E-state index in [4.69, 9.17) is 4.74 Å². The molecule has 1 amide bonds. The summed E-state index contributed by atoms with van der Waals surface area (Å²) in [6, 6.07) is 4.88. The van der Waals surface area contributed by atoms with Gasteiger partial charge in [-0.1, -0.05) is 0 Å². The molecule has 2 N–H and O–H groups in total. The minimum Gasteiger partial charge on any atom is -0.454 e. The molecular formula is C20H20N2O5S. The van der Waals surface area contributed by atoms with E-state index in [1.807, 2.05) is 0 Å². The van der Waals surface area contributed by atoms with Crippen molar-refractivity contribution in [3.05, 3.63) is 46.3 Å². The van der Waals surface area contributed by atoms with Gasteiger partial charge in [-0.05, 0) is 51.5 Å². The van der Waals surface area contributed by atoms with Crippen LogP contribution in [0.4, 0.5) is 5.69 Å². The quantitative estimate of drug-likeness (QED) is 0.589. The summed E-state index contributed by atoms with van der Waals surface area (Å²) in [5.41, 5.74) is 2.69. The number of benzene rings is 1. The molecule has 0 bridgehead atoms. The average molecular weight is 400 g/mol. The number of hydrogen-bond donors (Lipinski definition) is 2. The molecule has 2 aromatic rings. The van der Waals surface area contributed by atoms with Crippen molar-refractivity contribution < 1.29 is 23.9 Å². The number of nitrogens with one attached hydrogen (secondary N) is 2. The number of amides is 1. The predicted molar refractivity (Wildman–Crippen MR) is 105 cm³/mol. The summed E-state index contributed by atoms with van der Waals surface area (Å²) >= 11 is 1.41. The molecule has 0 saturated heterocycles. The first kappa shape index (κ1) is 19.9. The summed E-state index contributed by atoms with van der Waals surface area (Å²) in [6.45, 7) is 6.18. The molecule has 1 aromatic heterocycles. The van der Waals surface area contributed by atoms with Gasteiger partial charge in [0.2, 0.25) is 11.7 Å². The largest absolute Gasteiger partial charge is 0.454 e. The number of aromatic amines is 1. The van der Waals surface area contributed by atoms with Gasteiger partial charge in [-0.2, -0.15) is 0 Å². The number of ether oxygens (including phenoxy) is 1. The van der Waals surface area contributed by atoms with E-state index in [0.29, 0.717) is 22.5 Å². The van der Waals surface area contributed by atoms with Crippen LogP contribution in [0, 0.1) is 13.8 Å². The van der Waals surface area contributed by atoms with Crippen LogP contribution in [-0.2, 0) is 9.53 Å². The number of esters is 1. The molecule has 28 heavy (non-hydrogen) atoms. The van der Waals surface area contributed by atoms with Gasteiger partial charge >= 0.3 is 5.97 Å². The first-order valence-corrected chi connectivity index (χ1v) is 9.59. The third kappa shape index (κ3) is 3.73. The first-order chi connectivity index (χ1) is 13.2. The molecule has 1 aromatic carbocycles. The monoisotopic (exact) mass is 400 g/mol. The third-order valence-electron chi connectivity index (χ3n) is 4.55. The van der Waals surface area contributed by atoms with Crippen LogP contribution < -0.4 is 5.32 Å². The molecule has 8 heteroatoms. The predicted octanol–water partition coefficient (Wildman–Crippen LogP) is 3.31. The number of carbonyl (C=O) groups excluding carboxylic acids is 4. The summed E-state index contributed by atoms with van der Waals surface area (Å²) < 4.78 is 5.13. The number of hydrogen-bond acceptors (Lipinski definition) is 6. The molecule has 146 valence electrons. The van der Waals surface area contributed by atoms with Crippen molar-refractivity contribution in [2.45, 2.75) is 37.8 Å². The first-order valence-electron chi connectivity index (χ1n) is 8.71. The van der Waals surface area contributed by atoms with Gasteiger partial charge in [0, 0.05) is 16.2 Å². The zero-order chi connectivity index (χ0) is 20.6. The van der Waals surface area contributed by atoms with Crippen LogP contribution in [0.2, 0.25) is 0 Å². The summed E-state index contributed by atoms with van der Waals surface area (Å²) in [4.78, 5) is 52.0. The summed E-state index contributed by atoms with van der Waals surface area (Å²) in [6.07, 6.45) is 0. The fourth-order valence-corrected chi connectivity index (χ4v) is 4.11. The molecular weight excluding hydrogens is 380 g/mol. The van der Waals surface area contributed by atoms with Gasteiger partial charge in [0.15, 0.2) is 12.4 Å². The zero-order valence-corrected chi connectivity index (χ0v) is 16.8. The highest BCUT2D eigenvalue weighted by atomic mass is 32.2. The van der Waals surface area contributed by atoms with Crippen molar-refractivity contribution in [2.24, 2.45) is 0 Å². The summed E-state index contributed by atoms with van der Waals surface area (Å²) in [7, 11) is 0. The van der Waals surface area contributed by atoms with Crippen LogP contribution in [0.1, 0.15) is 56.3 Å². The standard InChI is InChI=1S/C20H20N2O5S/c1-9-17(11(3)23)10(2)21-18(9)15(24)8-27-20(26)13-5-6-16-14(7-13)22-19(25)12(4)28-16/h5-7,12,21H,8H2,1-4H3,(H,22,25). The van der Waals surface area contributed by atoms with Crippen molar-refractivity contribution in [2.75, 3.05) is 11.9 Å². The van der Waals surface area contributed by atoms with Crippen molar-refractivity contribution in [1.29, 1.82) is 0 Å². The molecule has 1 aliphatic rings. The lowest BCUT2D eigenvalue weighted by atomic mass is 10.1. The second kappa shape index (κ2) is 7.63. The maximum atomic E-state index is 12.4. The Bertz CT molecular complexity index is 1010. The van der Waals surface area contributed by atoms with Crippen molar-refractivity contribution in [3.63, 3.8) is 0 Å². The zero-order valence-electron chi connectivity index (χ0n) is 16.0. The lowest BCUT2D eigenvalue weighted by Gasteiger charge is -2.21. The third-order valence-corrected chi connectivity index (χ3v) is 5.73. The molecule has 0 saturated carbocycles. The number of aromatic nitrogens is 1. The molecule has 1 unspecified atom stereocenters. The van der Waals surface area contributed by atoms with Crippen molar-refractivity contribution in [1.82, 2.24) is 4.98 Å². The number of aryl methyl sites for hydroxylation is 1. The van der Waals surface area contributed by atoms with Crippen LogP contribution in [0.25, 0.3) is 0 Å². The molecule has 0 radical (unpaired) electrons. The van der Waals surface area contributed by atoms with E-state index in [0.717, 1.165) is 4.90 Å². The van der Waals surface area contributed by atoms with Gasteiger partial charge in [0.1, 0.15) is 0 Å². The topological polar surface area (TPSA) is 105 Å². The Morgan fingerprint density at radius 1 is 1.21 bits per heavy atom. The lowest BCUT2D eigenvalue weighted by molar-refractivity contribution is -0.115. The van der Waals surface area contributed by atoms with E-state index in [1.54, 1.807) is 32.9 Å². The minimum absolute atomic E-state index is 0.128. The minimum atomic E-state index is -0.665. The Kier molecular flexibility index (Phi) is 5.42. The van der Waals surface area contributed by atoms with Crippen LogP contribution in [-0.4, -0.2) is 40.3 Å². The molecule has 1 aliphatic heterocycles. The van der Waals surface area contributed by atoms with Crippen LogP contribution in [0.15, 0.2) is 23.1 Å². The highest BCUT2D eigenvalue weighted by molar-refractivity contribution is 8.00. The normalized spacial score (nSPS) is 15.6. The summed E-state index contributed by atoms with van der Waals surface area (Å²) in [5, 5.41) is 2.55. The Labute approximate surface area is 166 Å². The number of Topliss-reactive ketones (excluding diaryl/α,β-unsaturated/α-hetero) is 2. The number of rotatable bonds is 5. The number of H-pyrrole nitrogens is 1. The maximum Gasteiger partial charge on any atom is 0.338 e. The van der Waals surface area contributed by atoms with Crippen LogP contribution in [0.5, 0.6) is 0 Å². The summed E-state index contributed by atoms with van der Waals surface area (Å²) in [5.74, 6) is -1.35. The Balaban J connectivity index is 1.70. The van der Waals surface area contributed by atoms with E-state index in [1.165, 1.54) is 24.8 Å². The van der Waals surface area contributed by atoms with Gasteiger partial charge in [-0.25, -0.2) is 4.79 Å². The lowest BCUT2D eigenvalue weighted by Crippen LogP contribution is -2.26. The fourth-order valence-electron chi connectivity index (χ4n) is 3.18. The number of thioether (sulfide) groups is 1. The highest BCUT2D eigenvalue weighted by Gasteiger charge is 2.25. The van der Waals surface area contributed by atoms with Gasteiger partial charge in [0.05, 0.1) is 22.2 Å². The number of ketones is 2. The molecule has 2 heterocycles. The van der Waals surface area contributed by atoms with E-state index < -0.39 is 18.4 Å². The van der Waals surface area contributed by atoms with Crippen molar-refractivity contribution >= 4 is 40.9 Å². The SMILES string of the molecule is CC(=O)c1c(C)[nH]c(C(=O)COC(=O)c2ccc3c(c2)NC(=O)C(C)S3)c1C. The average Bonchev–Trinajstić information content (AvgIpc) is 2.94. The van der Waals surface area contributed by atoms with Gasteiger partial charge in [-0.3, -0.25) is 14.4 Å². The molecule has 0 fully saturated rings. The second-order valence-electron chi connectivity index (χ2n) is 6.64. The molecule has 0 spiro atoms. The van der Waals surface area contributed by atoms with Gasteiger partial charge in [0.25, 0.3) is 0 Å². The van der Waals surface area contributed by atoms with Crippen molar-refractivity contribution in [3.8, 4) is 0 Å². The molecule has 1 atom stereocenters. The molecule has 3 rings (SSSR count). The van der Waals surface area contributed by atoms with Crippen LogP contribution >= 0.6 is 11.8 Å². The van der Waals surface area contributed by atoms with E-state index in [-0.39, 0.29) is 28.2 Å². The number of anilines is 1. The fraction of sp³-hybridized carbons (Fsp3) is 0.300. The number of fused-ring (bicyclic) bond motifs is 1. The van der Waals surface area contributed by atoms with E-state index >= 15 is 0 Å². The van der Waals surface area contributed by atoms with Gasteiger partial charge < -0.3 is 15.0 Å².